The molecule has 2 aliphatic heterocycles. The third-order valence-corrected chi connectivity index (χ3v) is 5.30. The van der Waals surface area contributed by atoms with E-state index in [0.717, 1.165) is 50.0 Å². The second-order valence-corrected chi connectivity index (χ2v) is 7.66. The van der Waals surface area contributed by atoms with Gasteiger partial charge in [-0.05, 0) is 57.6 Å². The maximum atomic E-state index is 13.4. The Balaban J connectivity index is 1.73. The van der Waals surface area contributed by atoms with Gasteiger partial charge in [0.2, 0.25) is 0 Å². The minimum Gasteiger partial charge on any atom is -0.347 e. The van der Waals surface area contributed by atoms with E-state index in [0.29, 0.717) is 18.1 Å². The molecule has 0 saturated carbocycles. The molecule has 0 aliphatic carbocycles. The molecular formula is C21H26N4O2. The fourth-order valence-electron chi connectivity index (χ4n) is 4.09. The highest BCUT2D eigenvalue weighted by Gasteiger charge is 2.32. The second kappa shape index (κ2) is 7.18. The van der Waals surface area contributed by atoms with Crippen molar-refractivity contribution in [2.24, 2.45) is 0 Å². The van der Waals surface area contributed by atoms with Gasteiger partial charge >= 0.3 is 0 Å². The lowest BCUT2D eigenvalue weighted by Gasteiger charge is -2.29. The number of para-hydroxylation sites is 1. The summed E-state index contributed by atoms with van der Waals surface area (Å²) in [6.07, 6.45) is 4.75. The Labute approximate surface area is 159 Å². The van der Waals surface area contributed by atoms with E-state index in [4.69, 9.17) is 0 Å². The highest BCUT2D eigenvalue weighted by Crippen LogP contribution is 2.30. The molecule has 1 aromatic heterocycles. The zero-order valence-corrected chi connectivity index (χ0v) is 16.0. The largest absolute Gasteiger partial charge is 0.347 e. The third-order valence-electron chi connectivity index (χ3n) is 5.30. The van der Waals surface area contributed by atoms with E-state index in [1.807, 2.05) is 41.5 Å². The minimum absolute atomic E-state index is 0.0298. The van der Waals surface area contributed by atoms with Crippen molar-refractivity contribution >= 4 is 17.5 Å². The predicted octanol–water partition coefficient (Wildman–Crippen LogP) is 2.95. The lowest BCUT2D eigenvalue weighted by Crippen LogP contribution is -2.36. The number of anilines is 1. The molecule has 2 amide bonds. The summed E-state index contributed by atoms with van der Waals surface area (Å²) >= 11 is 0. The molecule has 0 saturated heterocycles. The molecule has 2 aromatic rings. The van der Waals surface area contributed by atoms with E-state index in [9.17, 15) is 9.59 Å². The van der Waals surface area contributed by atoms with Gasteiger partial charge in [-0.2, -0.15) is 0 Å². The van der Waals surface area contributed by atoms with Gasteiger partial charge in [-0.15, -0.1) is 0 Å². The zero-order valence-electron chi connectivity index (χ0n) is 16.0. The average molecular weight is 366 g/mol. The number of aryl methyl sites for hydroxylation is 1. The molecule has 0 bridgehead atoms. The Morgan fingerprint density at radius 3 is 2.70 bits per heavy atom. The van der Waals surface area contributed by atoms with E-state index >= 15 is 0 Å². The predicted molar refractivity (Wildman–Crippen MR) is 104 cm³/mol. The second-order valence-electron chi connectivity index (χ2n) is 7.66. The molecule has 2 aliphatic rings. The van der Waals surface area contributed by atoms with Gasteiger partial charge in [0.1, 0.15) is 0 Å². The maximum Gasteiger partial charge on any atom is 0.287 e. The number of rotatable bonds is 3. The SMILES string of the molecule is CC(C)NC(=O)c1nc(C(=O)N2CCCc3ccccc32)c2n1CCCC2. The van der Waals surface area contributed by atoms with Crippen molar-refractivity contribution in [2.75, 3.05) is 11.4 Å². The Hall–Kier alpha value is -2.63. The number of carbonyl (C=O) groups excluding carboxylic acids is 2. The molecule has 1 aromatic carbocycles. The van der Waals surface area contributed by atoms with Crippen LogP contribution in [-0.2, 0) is 19.4 Å². The van der Waals surface area contributed by atoms with Crippen LogP contribution in [-0.4, -0.2) is 34.0 Å². The molecule has 0 fully saturated rings. The number of amides is 2. The van der Waals surface area contributed by atoms with E-state index in [2.05, 4.69) is 16.4 Å². The monoisotopic (exact) mass is 366 g/mol. The molecule has 27 heavy (non-hydrogen) atoms. The van der Waals surface area contributed by atoms with E-state index in [1.165, 1.54) is 5.56 Å². The van der Waals surface area contributed by atoms with Crippen LogP contribution in [0.15, 0.2) is 24.3 Å². The molecule has 0 unspecified atom stereocenters. The van der Waals surface area contributed by atoms with Crippen molar-refractivity contribution in [3.8, 4) is 0 Å². The Kier molecular flexibility index (Phi) is 4.72. The molecule has 4 rings (SSSR count). The number of hydrogen-bond donors (Lipinski definition) is 1. The number of imidazole rings is 1. The Morgan fingerprint density at radius 2 is 1.89 bits per heavy atom. The summed E-state index contributed by atoms with van der Waals surface area (Å²) in [5.74, 6) is 0.0784. The van der Waals surface area contributed by atoms with Crippen molar-refractivity contribution < 1.29 is 9.59 Å². The third kappa shape index (κ3) is 3.24. The van der Waals surface area contributed by atoms with Crippen LogP contribution < -0.4 is 10.2 Å². The lowest BCUT2D eigenvalue weighted by molar-refractivity contribution is 0.0927. The average Bonchev–Trinajstić information content (AvgIpc) is 3.06. The van der Waals surface area contributed by atoms with Crippen molar-refractivity contribution in [3.05, 3.63) is 47.0 Å². The topological polar surface area (TPSA) is 67.2 Å². The number of nitrogens with one attached hydrogen (secondary N) is 1. The first kappa shape index (κ1) is 17.8. The van der Waals surface area contributed by atoms with Crippen LogP contribution in [0.1, 0.15) is 65.5 Å². The van der Waals surface area contributed by atoms with Crippen molar-refractivity contribution in [1.29, 1.82) is 0 Å². The minimum atomic E-state index is -0.203. The maximum absolute atomic E-state index is 13.4. The van der Waals surface area contributed by atoms with Crippen LogP contribution in [0.3, 0.4) is 0 Å². The van der Waals surface area contributed by atoms with Gasteiger partial charge in [0.25, 0.3) is 11.8 Å². The van der Waals surface area contributed by atoms with Crippen molar-refractivity contribution in [1.82, 2.24) is 14.9 Å². The van der Waals surface area contributed by atoms with Gasteiger partial charge in [-0.1, -0.05) is 18.2 Å². The van der Waals surface area contributed by atoms with Gasteiger partial charge in [-0.3, -0.25) is 9.59 Å². The van der Waals surface area contributed by atoms with Gasteiger partial charge in [0.05, 0.1) is 5.69 Å². The molecule has 0 spiro atoms. The van der Waals surface area contributed by atoms with Gasteiger partial charge in [0, 0.05) is 24.8 Å². The summed E-state index contributed by atoms with van der Waals surface area (Å²) in [5, 5.41) is 2.91. The fourth-order valence-corrected chi connectivity index (χ4v) is 4.09. The van der Waals surface area contributed by atoms with Gasteiger partial charge in [-0.25, -0.2) is 4.98 Å². The number of fused-ring (bicyclic) bond motifs is 2. The quantitative estimate of drug-likeness (QED) is 0.908. The fraction of sp³-hybridized carbons (Fsp3) is 0.476. The number of benzene rings is 1. The van der Waals surface area contributed by atoms with Gasteiger partial charge < -0.3 is 14.8 Å². The molecule has 1 N–H and O–H groups in total. The van der Waals surface area contributed by atoms with Crippen LogP contribution in [0.4, 0.5) is 5.69 Å². The van der Waals surface area contributed by atoms with E-state index in [1.54, 1.807) is 0 Å². The van der Waals surface area contributed by atoms with Crippen LogP contribution in [0.2, 0.25) is 0 Å². The Morgan fingerprint density at radius 1 is 1.07 bits per heavy atom. The highest BCUT2D eigenvalue weighted by molar-refractivity contribution is 6.07. The van der Waals surface area contributed by atoms with Crippen molar-refractivity contribution in [3.63, 3.8) is 0 Å². The first-order chi connectivity index (χ1) is 13.1. The summed E-state index contributed by atoms with van der Waals surface area (Å²) in [6.45, 7) is 5.28. The molecule has 6 nitrogen and oxygen atoms in total. The van der Waals surface area contributed by atoms with Crippen LogP contribution in [0.5, 0.6) is 0 Å². The van der Waals surface area contributed by atoms with Crippen molar-refractivity contribution in [2.45, 2.75) is 58.5 Å². The summed E-state index contributed by atoms with van der Waals surface area (Å²) in [6, 6.07) is 8.09. The smallest absolute Gasteiger partial charge is 0.287 e. The number of carbonyl (C=O) groups is 2. The number of nitrogens with zero attached hydrogens (tertiary/aromatic N) is 3. The molecule has 142 valence electrons. The molecule has 3 heterocycles. The van der Waals surface area contributed by atoms with Gasteiger partial charge in [0.15, 0.2) is 11.5 Å². The summed E-state index contributed by atoms with van der Waals surface area (Å²) in [4.78, 5) is 32.4. The highest BCUT2D eigenvalue weighted by atomic mass is 16.2. The first-order valence-electron chi connectivity index (χ1n) is 9.86. The summed E-state index contributed by atoms with van der Waals surface area (Å²) in [5.41, 5.74) is 3.52. The van der Waals surface area contributed by atoms with E-state index in [-0.39, 0.29) is 17.9 Å². The van der Waals surface area contributed by atoms with E-state index < -0.39 is 0 Å². The molecule has 0 radical (unpaired) electrons. The normalized spacial score (nSPS) is 16.0. The van der Waals surface area contributed by atoms with Crippen LogP contribution >= 0.6 is 0 Å². The first-order valence-corrected chi connectivity index (χ1v) is 9.86. The summed E-state index contributed by atoms with van der Waals surface area (Å²) in [7, 11) is 0. The molecule has 6 heteroatoms. The van der Waals surface area contributed by atoms with Crippen LogP contribution in [0.25, 0.3) is 0 Å². The summed E-state index contributed by atoms with van der Waals surface area (Å²) < 4.78 is 1.95. The standard InChI is InChI=1S/C21H26N4O2/c1-14(2)22-20(26)19-23-18(17-11-5-6-12-24(17)19)21(27)25-13-7-9-15-8-3-4-10-16(15)25/h3-4,8,10,14H,5-7,9,11-13H2,1-2H3,(H,22,26). The zero-order chi connectivity index (χ0) is 19.0. The molecule has 0 atom stereocenters. The number of aromatic nitrogens is 2. The number of hydrogen-bond acceptors (Lipinski definition) is 3. The molecular weight excluding hydrogens is 340 g/mol. The van der Waals surface area contributed by atoms with Crippen LogP contribution in [0, 0.1) is 0 Å². The Bertz CT molecular complexity index is 884. The lowest BCUT2D eigenvalue weighted by atomic mass is 10.0.